The normalized spacial score (nSPS) is 13.6. The van der Waals surface area contributed by atoms with Gasteiger partial charge in [0.2, 0.25) is 0 Å². The molecule has 6 heteroatoms. The van der Waals surface area contributed by atoms with Crippen LogP contribution in [0, 0.1) is 0 Å². The number of ether oxygens (including phenoxy) is 1. The van der Waals surface area contributed by atoms with Crippen molar-refractivity contribution < 1.29 is 17.9 Å². The minimum absolute atomic E-state index is 0.0627. The molecule has 0 aliphatic heterocycles. The molecule has 0 aliphatic carbocycles. The van der Waals surface area contributed by atoms with Crippen LogP contribution in [0.3, 0.4) is 0 Å². The van der Waals surface area contributed by atoms with Gasteiger partial charge in [0, 0.05) is 12.5 Å². The molecule has 1 aromatic rings. The first-order valence-corrected chi connectivity index (χ1v) is 6.77. The van der Waals surface area contributed by atoms with Crippen LogP contribution in [0.1, 0.15) is 37.1 Å². The minimum Gasteiger partial charge on any atom is -0.496 e. The molecule has 0 saturated carbocycles. The Kier molecular flexibility index (Phi) is 5.95. The second-order valence-electron chi connectivity index (χ2n) is 3.97. The molecular formula is C12H18F3NOS. The Balaban J connectivity index is 2.60. The van der Waals surface area contributed by atoms with E-state index in [-0.39, 0.29) is 12.5 Å². The molecule has 0 bridgehead atoms. The van der Waals surface area contributed by atoms with Crippen LogP contribution in [-0.4, -0.2) is 19.8 Å². The molecule has 1 N–H and O–H groups in total. The van der Waals surface area contributed by atoms with Crippen molar-refractivity contribution >= 4 is 11.3 Å². The molecule has 1 heterocycles. The third kappa shape index (κ3) is 4.86. The van der Waals surface area contributed by atoms with Gasteiger partial charge in [-0.05, 0) is 30.8 Å². The van der Waals surface area contributed by atoms with Crippen molar-refractivity contribution in [3.8, 4) is 5.75 Å². The summed E-state index contributed by atoms with van der Waals surface area (Å²) in [6, 6.07) is 1.78. The van der Waals surface area contributed by atoms with Crippen LogP contribution in [0.15, 0.2) is 11.4 Å². The van der Waals surface area contributed by atoms with Gasteiger partial charge in [0.25, 0.3) is 0 Å². The number of thiophene rings is 1. The molecule has 0 fully saturated rings. The van der Waals surface area contributed by atoms with E-state index in [9.17, 15) is 13.2 Å². The second kappa shape index (κ2) is 6.99. The van der Waals surface area contributed by atoms with Crippen LogP contribution in [-0.2, 0) is 0 Å². The van der Waals surface area contributed by atoms with E-state index in [4.69, 9.17) is 4.74 Å². The molecular weight excluding hydrogens is 263 g/mol. The summed E-state index contributed by atoms with van der Waals surface area (Å²) >= 11 is 1.51. The molecule has 0 saturated heterocycles. The summed E-state index contributed by atoms with van der Waals surface area (Å²) in [4.78, 5) is 0.974. The zero-order valence-corrected chi connectivity index (χ0v) is 11.3. The molecule has 1 atom stereocenters. The Labute approximate surface area is 109 Å². The Hall–Kier alpha value is -0.750. The number of nitrogens with one attached hydrogen (secondary N) is 1. The van der Waals surface area contributed by atoms with Crippen LogP contribution in [0.5, 0.6) is 5.75 Å². The summed E-state index contributed by atoms with van der Waals surface area (Å²) in [6.45, 7) is 2.66. The Morgan fingerprint density at radius 2 is 2.17 bits per heavy atom. The van der Waals surface area contributed by atoms with Gasteiger partial charge in [0.15, 0.2) is 0 Å². The van der Waals surface area contributed by atoms with E-state index >= 15 is 0 Å². The zero-order valence-electron chi connectivity index (χ0n) is 10.5. The van der Waals surface area contributed by atoms with Crippen LogP contribution in [0.25, 0.3) is 0 Å². The third-order valence-electron chi connectivity index (χ3n) is 2.60. The summed E-state index contributed by atoms with van der Waals surface area (Å²) in [6.07, 6.45) is -4.22. The largest absolute Gasteiger partial charge is 0.496 e. The van der Waals surface area contributed by atoms with Gasteiger partial charge in [-0.2, -0.15) is 13.2 Å². The lowest BCUT2D eigenvalue weighted by Crippen LogP contribution is -2.21. The first-order chi connectivity index (χ1) is 8.48. The van der Waals surface area contributed by atoms with Crippen molar-refractivity contribution in [3.05, 3.63) is 16.3 Å². The van der Waals surface area contributed by atoms with E-state index in [2.05, 4.69) is 5.32 Å². The lowest BCUT2D eigenvalue weighted by molar-refractivity contribution is -0.135. The Morgan fingerprint density at radius 3 is 2.72 bits per heavy atom. The van der Waals surface area contributed by atoms with Gasteiger partial charge < -0.3 is 10.1 Å². The zero-order chi connectivity index (χ0) is 13.6. The fourth-order valence-corrected chi connectivity index (χ4v) is 2.78. The summed E-state index contributed by atoms with van der Waals surface area (Å²) in [5, 5.41) is 5.10. The van der Waals surface area contributed by atoms with Gasteiger partial charge >= 0.3 is 6.18 Å². The standard InChI is InChI=1S/C12H18F3NOS/c1-3-16-9(5-4-7-12(13,14)15)11-10(17-2)6-8-18-11/h6,8-9,16H,3-5,7H2,1-2H3. The highest BCUT2D eigenvalue weighted by Gasteiger charge is 2.27. The van der Waals surface area contributed by atoms with E-state index in [0.717, 1.165) is 17.2 Å². The molecule has 1 rings (SSSR count). The van der Waals surface area contributed by atoms with Crippen LogP contribution in [0.2, 0.25) is 0 Å². The van der Waals surface area contributed by atoms with E-state index < -0.39 is 12.6 Å². The van der Waals surface area contributed by atoms with E-state index in [1.807, 2.05) is 18.4 Å². The molecule has 0 radical (unpaired) electrons. The maximum absolute atomic E-state index is 12.1. The maximum Gasteiger partial charge on any atom is 0.389 e. The highest BCUT2D eigenvalue weighted by atomic mass is 32.1. The number of hydrogen-bond acceptors (Lipinski definition) is 3. The van der Waals surface area contributed by atoms with E-state index in [1.165, 1.54) is 11.3 Å². The van der Waals surface area contributed by atoms with Crippen molar-refractivity contribution in [1.82, 2.24) is 5.32 Å². The van der Waals surface area contributed by atoms with Crippen molar-refractivity contribution in [2.24, 2.45) is 0 Å². The molecule has 104 valence electrons. The van der Waals surface area contributed by atoms with Gasteiger partial charge in [-0.25, -0.2) is 0 Å². The number of rotatable bonds is 7. The molecule has 0 aromatic carbocycles. The van der Waals surface area contributed by atoms with Crippen LogP contribution >= 0.6 is 11.3 Å². The van der Waals surface area contributed by atoms with Gasteiger partial charge in [-0.3, -0.25) is 0 Å². The van der Waals surface area contributed by atoms with Crippen LogP contribution < -0.4 is 10.1 Å². The minimum atomic E-state index is -4.07. The van der Waals surface area contributed by atoms with Gasteiger partial charge in [0.1, 0.15) is 5.75 Å². The van der Waals surface area contributed by atoms with Gasteiger partial charge in [0.05, 0.1) is 12.0 Å². The molecule has 0 spiro atoms. The van der Waals surface area contributed by atoms with Gasteiger partial charge in [-0.1, -0.05) is 6.92 Å². The van der Waals surface area contributed by atoms with E-state index in [0.29, 0.717) is 6.42 Å². The molecule has 18 heavy (non-hydrogen) atoms. The number of hydrogen-bond donors (Lipinski definition) is 1. The van der Waals surface area contributed by atoms with E-state index in [1.54, 1.807) is 7.11 Å². The van der Waals surface area contributed by atoms with Crippen molar-refractivity contribution in [2.45, 2.75) is 38.4 Å². The predicted octanol–water partition coefficient (Wildman–Crippen LogP) is 4.14. The van der Waals surface area contributed by atoms with Gasteiger partial charge in [-0.15, -0.1) is 11.3 Å². The highest BCUT2D eigenvalue weighted by Crippen LogP contribution is 2.34. The first-order valence-electron chi connectivity index (χ1n) is 5.89. The maximum atomic E-state index is 12.1. The molecule has 0 amide bonds. The van der Waals surface area contributed by atoms with Crippen molar-refractivity contribution in [3.63, 3.8) is 0 Å². The Morgan fingerprint density at radius 1 is 1.44 bits per heavy atom. The second-order valence-corrected chi connectivity index (χ2v) is 4.92. The molecule has 1 unspecified atom stereocenters. The summed E-state index contributed by atoms with van der Waals surface area (Å²) in [5.41, 5.74) is 0. The lowest BCUT2D eigenvalue weighted by atomic mass is 10.1. The molecule has 0 aliphatic rings. The number of halogens is 3. The number of alkyl halides is 3. The average molecular weight is 281 g/mol. The SMILES string of the molecule is CCNC(CCCC(F)(F)F)c1sccc1OC. The van der Waals surface area contributed by atoms with Crippen LogP contribution in [0.4, 0.5) is 13.2 Å². The third-order valence-corrected chi connectivity index (χ3v) is 3.61. The summed E-state index contributed by atoms with van der Waals surface area (Å²) in [5.74, 6) is 0.748. The highest BCUT2D eigenvalue weighted by molar-refractivity contribution is 7.10. The number of methoxy groups -OCH3 is 1. The molecule has 1 aromatic heterocycles. The summed E-state index contributed by atoms with van der Waals surface area (Å²) < 4.78 is 41.6. The average Bonchev–Trinajstić information content (AvgIpc) is 2.74. The topological polar surface area (TPSA) is 21.3 Å². The lowest BCUT2D eigenvalue weighted by Gasteiger charge is -2.18. The first kappa shape index (κ1) is 15.3. The molecule has 2 nitrogen and oxygen atoms in total. The Bertz CT molecular complexity index is 351. The van der Waals surface area contributed by atoms with Crippen molar-refractivity contribution in [2.75, 3.05) is 13.7 Å². The summed E-state index contributed by atoms with van der Waals surface area (Å²) in [7, 11) is 1.57. The monoisotopic (exact) mass is 281 g/mol. The fraction of sp³-hybridized carbons (Fsp3) is 0.667. The smallest absolute Gasteiger partial charge is 0.389 e. The van der Waals surface area contributed by atoms with Crippen molar-refractivity contribution in [1.29, 1.82) is 0 Å². The quantitative estimate of drug-likeness (QED) is 0.811. The fourth-order valence-electron chi connectivity index (χ4n) is 1.81. The predicted molar refractivity (Wildman–Crippen MR) is 67.2 cm³/mol.